The van der Waals surface area contributed by atoms with E-state index in [2.05, 4.69) is 18.7 Å². The zero-order valence-electron chi connectivity index (χ0n) is 9.83. The number of rotatable bonds is 9. The summed E-state index contributed by atoms with van der Waals surface area (Å²) in [5.74, 6) is 0. The summed E-state index contributed by atoms with van der Waals surface area (Å²) < 4.78 is 5.18. The van der Waals surface area contributed by atoms with Crippen molar-refractivity contribution in [3.05, 3.63) is 0 Å². The van der Waals surface area contributed by atoms with Gasteiger partial charge < -0.3 is 9.84 Å². The zero-order chi connectivity index (χ0) is 10.8. The van der Waals surface area contributed by atoms with Crippen molar-refractivity contribution in [2.45, 2.75) is 39.2 Å². The Balaban J connectivity index is 4.06. The highest BCUT2D eigenvalue weighted by Crippen LogP contribution is 2.06. The van der Waals surface area contributed by atoms with Gasteiger partial charge in [0, 0.05) is 19.8 Å². The molecule has 14 heavy (non-hydrogen) atoms. The van der Waals surface area contributed by atoms with Crippen LogP contribution in [0.3, 0.4) is 0 Å². The van der Waals surface area contributed by atoms with Gasteiger partial charge >= 0.3 is 0 Å². The quantitative estimate of drug-likeness (QED) is 0.616. The molecule has 0 aliphatic heterocycles. The molecular formula is C11H25NO2. The third-order valence-electron chi connectivity index (χ3n) is 2.36. The summed E-state index contributed by atoms with van der Waals surface area (Å²) in [6.07, 6.45) is 3.13. The zero-order valence-corrected chi connectivity index (χ0v) is 9.83. The lowest BCUT2D eigenvalue weighted by Crippen LogP contribution is -2.40. The van der Waals surface area contributed by atoms with Crippen LogP contribution in [0.5, 0.6) is 0 Å². The Bertz CT molecular complexity index is 93.9. The highest BCUT2D eigenvalue weighted by atomic mass is 16.5. The van der Waals surface area contributed by atoms with Gasteiger partial charge in [0.2, 0.25) is 0 Å². The monoisotopic (exact) mass is 203 g/mol. The van der Waals surface area contributed by atoms with Gasteiger partial charge in [-0.15, -0.1) is 0 Å². The molecule has 3 heteroatoms. The van der Waals surface area contributed by atoms with E-state index in [9.17, 15) is 0 Å². The Morgan fingerprint density at radius 1 is 1.21 bits per heavy atom. The summed E-state index contributed by atoms with van der Waals surface area (Å²) in [5, 5.41) is 8.97. The lowest BCUT2D eigenvalue weighted by molar-refractivity contribution is 0.0729. The van der Waals surface area contributed by atoms with E-state index in [0.717, 1.165) is 39.0 Å². The molecule has 1 N–H and O–H groups in total. The predicted octanol–water partition coefficient (Wildman–Crippen LogP) is 1.51. The lowest BCUT2D eigenvalue weighted by atomic mass is 10.1. The van der Waals surface area contributed by atoms with Crippen LogP contribution in [0.25, 0.3) is 0 Å². The Morgan fingerprint density at radius 2 is 1.79 bits per heavy atom. The van der Waals surface area contributed by atoms with Crippen LogP contribution in [0.1, 0.15) is 33.1 Å². The maximum atomic E-state index is 8.97. The second kappa shape index (κ2) is 9.44. The molecule has 0 fully saturated rings. The number of hydrogen-bond donors (Lipinski definition) is 1. The average Bonchev–Trinajstić information content (AvgIpc) is 2.17. The fourth-order valence-corrected chi connectivity index (χ4v) is 1.76. The molecule has 0 aromatic rings. The lowest BCUT2D eigenvalue weighted by Gasteiger charge is -2.30. The molecule has 0 aromatic carbocycles. The largest absolute Gasteiger partial charge is 0.396 e. The van der Waals surface area contributed by atoms with Crippen LogP contribution in [0.4, 0.5) is 0 Å². The first-order valence-corrected chi connectivity index (χ1v) is 5.63. The number of aliphatic hydroxyl groups is 1. The summed E-state index contributed by atoms with van der Waals surface area (Å²) in [7, 11) is 1.72. The number of hydrogen-bond acceptors (Lipinski definition) is 3. The van der Waals surface area contributed by atoms with Crippen LogP contribution >= 0.6 is 0 Å². The molecule has 0 rings (SSSR count). The van der Waals surface area contributed by atoms with Gasteiger partial charge in [-0.1, -0.05) is 13.8 Å². The number of aliphatic hydroxyl groups excluding tert-OH is 1. The minimum atomic E-state index is 0.248. The van der Waals surface area contributed by atoms with E-state index >= 15 is 0 Å². The van der Waals surface area contributed by atoms with Gasteiger partial charge in [0.15, 0.2) is 0 Å². The highest BCUT2D eigenvalue weighted by molar-refractivity contribution is 4.70. The van der Waals surface area contributed by atoms with Gasteiger partial charge in [-0.2, -0.15) is 0 Å². The summed E-state index contributed by atoms with van der Waals surface area (Å²) >= 11 is 0. The fourth-order valence-electron chi connectivity index (χ4n) is 1.76. The van der Waals surface area contributed by atoms with E-state index < -0.39 is 0 Å². The first kappa shape index (κ1) is 13.9. The van der Waals surface area contributed by atoms with E-state index in [4.69, 9.17) is 9.84 Å². The fraction of sp³-hybridized carbons (Fsp3) is 1.00. The second-order valence-corrected chi connectivity index (χ2v) is 3.66. The molecule has 86 valence electrons. The first-order valence-electron chi connectivity index (χ1n) is 5.63. The molecule has 1 atom stereocenters. The standard InChI is InChI=1S/C11H25NO2/c1-4-7-12(8-5-2)11(6-9-13)10-14-3/h11,13H,4-10H2,1-3H3. The van der Waals surface area contributed by atoms with E-state index in [1.54, 1.807) is 7.11 Å². The highest BCUT2D eigenvalue weighted by Gasteiger charge is 2.15. The molecule has 0 saturated carbocycles. The smallest absolute Gasteiger partial charge is 0.0618 e. The summed E-state index contributed by atoms with van der Waals surface area (Å²) in [6, 6.07) is 0.380. The Hall–Kier alpha value is -0.120. The maximum Gasteiger partial charge on any atom is 0.0618 e. The van der Waals surface area contributed by atoms with Gasteiger partial charge in [0.25, 0.3) is 0 Å². The molecular weight excluding hydrogens is 178 g/mol. The van der Waals surface area contributed by atoms with E-state index in [-0.39, 0.29) is 6.61 Å². The topological polar surface area (TPSA) is 32.7 Å². The molecule has 0 saturated heterocycles. The molecule has 0 bridgehead atoms. The molecule has 1 unspecified atom stereocenters. The average molecular weight is 203 g/mol. The maximum absolute atomic E-state index is 8.97. The SMILES string of the molecule is CCCN(CCC)C(CCO)COC. The van der Waals surface area contributed by atoms with Crippen molar-refractivity contribution in [3.8, 4) is 0 Å². The molecule has 0 spiro atoms. The molecule has 0 heterocycles. The van der Waals surface area contributed by atoms with Crippen LogP contribution in [-0.2, 0) is 4.74 Å². The Labute approximate surface area is 88.1 Å². The molecule has 0 radical (unpaired) electrons. The van der Waals surface area contributed by atoms with Crippen LogP contribution < -0.4 is 0 Å². The minimum absolute atomic E-state index is 0.248. The number of nitrogens with zero attached hydrogens (tertiary/aromatic N) is 1. The van der Waals surface area contributed by atoms with Gasteiger partial charge in [-0.25, -0.2) is 0 Å². The Kier molecular flexibility index (Phi) is 9.35. The van der Waals surface area contributed by atoms with Gasteiger partial charge in [-0.05, 0) is 32.4 Å². The van der Waals surface area contributed by atoms with Crippen molar-refractivity contribution < 1.29 is 9.84 Å². The first-order chi connectivity index (χ1) is 6.79. The van der Waals surface area contributed by atoms with Crippen molar-refractivity contribution in [2.75, 3.05) is 33.4 Å². The Morgan fingerprint density at radius 3 is 2.14 bits per heavy atom. The van der Waals surface area contributed by atoms with Crippen LogP contribution in [-0.4, -0.2) is 49.5 Å². The molecule has 3 nitrogen and oxygen atoms in total. The summed E-state index contributed by atoms with van der Waals surface area (Å²) in [6.45, 7) is 7.54. The normalized spacial score (nSPS) is 13.5. The van der Waals surface area contributed by atoms with Gasteiger partial charge in [0.05, 0.1) is 6.61 Å². The van der Waals surface area contributed by atoms with E-state index in [1.165, 1.54) is 0 Å². The van der Waals surface area contributed by atoms with Crippen LogP contribution in [0, 0.1) is 0 Å². The van der Waals surface area contributed by atoms with Crippen molar-refractivity contribution in [1.82, 2.24) is 4.90 Å². The summed E-state index contributed by atoms with van der Waals surface area (Å²) in [5.41, 5.74) is 0. The molecule has 0 aliphatic rings. The van der Waals surface area contributed by atoms with Crippen LogP contribution in [0.2, 0.25) is 0 Å². The van der Waals surface area contributed by atoms with Crippen molar-refractivity contribution in [1.29, 1.82) is 0 Å². The minimum Gasteiger partial charge on any atom is -0.396 e. The van der Waals surface area contributed by atoms with Crippen LogP contribution in [0.15, 0.2) is 0 Å². The van der Waals surface area contributed by atoms with Crippen molar-refractivity contribution in [3.63, 3.8) is 0 Å². The van der Waals surface area contributed by atoms with Crippen molar-refractivity contribution >= 4 is 0 Å². The summed E-state index contributed by atoms with van der Waals surface area (Å²) in [4.78, 5) is 2.42. The predicted molar refractivity (Wildman–Crippen MR) is 59.5 cm³/mol. The molecule has 0 aliphatic carbocycles. The second-order valence-electron chi connectivity index (χ2n) is 3.66. The molecule has 0 aromatic heterocycles. The van der Waals surface area contributed by atoms with E-state index in [0.29, 0.717) is 6.04 Å². The third kappa shape index (κ3) is 5.58. The van der Waals surface area contributed by atoms with E-state index in [1.807, 2.05) is 0 Å². The van der Waals surface area contributed by atoms with Gasteiger partial charge in [-0.3, -0.25) is 4.90 Å². The third-order valence-corrected chi connectivity index (χ3v) is 2.36. The van der Waals surface area contributed by atoms with Crippen molar-refractivity contribution in [2.24, 2.45) is 0 Å². The number of methoxy groups -OCH3 is 1. The molecule has 0 amide bonds. The van der Waals surface area contributed by atoms with Gasteiger partial charge in [0.1, 0.15) is 0 Å². The number of ether oxygens (including phenoxy) is 1.